The van der Waals surface area contributed by atoms with Gasteiger partial charge in [-0.25, -0.2) is 9.48 Å². The summed E-state index contributed by atoms with van der Waals surface area (Å²) in [5.74, 6) is -0.434. The first-order valence-electron chi connectivity index (χ1n) is 10.6. The quantitative estimate of drug-likeness (QED) is 0.389. The molecule has 1 aromatic heterocycles. The Morgan fingerprint density at radius 3 is 2.35 bits per heavy atom. The molecular weight excluding hydrogens is 452 g/mol. The molecule has 1 heterocycles. The number of amides is 1. The van der Waals surface area contributed by atoms with E-state index in [2.05, 4.69) is 10.4 Å². The minimum atomic E-state index is -0.803. The molecule has 8 heteroatoms. The first-order valence-corrected chi connectivity index (χ1v) is 11.0. The lowest BCUT2D eigenvalue weighted by atomic mass is 10.1. The molecule has 0 aliphatic rings. The zero-order valence-electron chi connectivity index (χ0n) is 18.4. The van der Waals surface area contributed by atoms with E-state index in [1.165, 1.54) is 7.11 Å². The van der Waals surface area contributed by atoms with Crippen LogP contribution >= 0.6 is 11.6 Å². The summed E-state index contributed by atoms with van der Waals surface area (Å²) in [5, 5.41) is 7.97. The van der Waals surface area contributed by atoms with Crippen LogP contribution in [-0.2, 0) is 16.0 Å². The van der Waals surface area contributed by atoms with E-state index in [1.54, 1.807) is 47.1 Å². The van der Waals surface area contributed by atoms with Crippen LogP contribution in [0.3, 0.4) is 0 Å². The summed E-state index contributed by atoms with van der Waals surface area (Å²) in [6.07, 6.45) is 0.328. The van der Waals surface area contributed by atoms with Crippen molar-refractivity contribution in [3.63, 3.8) is 0 Å². The summed E-state index contributed by atoms with van der Waals surface area (Å²) < 4.78 is 6.47. The number of nitrogens with zero attached hydrogens (tertiary/aromatic N) is 2. The molecule has 3 aromatic carbocycles. The third kappa shape index (κ3) is 5.27. The van der Waals surface area contributed by atoms with Crippen LogP contribution in [0.1, 0.15) is 15.9 Å². The van der Waals surface area contributed by atoms with Crippen LogP contribution < -0.4 is 11.1 Å². The van der Waals surface area contributed by atoms with Gasteiger partial charge < -0.3 is 15.8 Å². The molecule has 0 aliphatic heterocycles. The van der Waals surface area contributed by atoms with Crippen LogP contribution in [0, 0.1) is 0 Å². The highest BCUT2D eigenvalue weighted by molar-refractivity contribution is 6.30. The zero-order chi connectivity index (χ0) is 24.1. The Morgan fingerprint density at radius 2 is 1.71 bits per heavy atom. The Labute approximate surface area is 202 Å². The molecule has 1 atom stereocenters. The van der Waals surface area contributed by atoms with Crippen LogP contribution in [0.5, 0.6) is 0 Å². The van der Waals surface area contributed by atoms with Crippen molar-refractivity contribution in [2.24, 2.45) is 0 Å². The highest BCUT2D eigenvalue weighted by Crippen LogP contribution is 2.24. The third-order valence-corrected chi connectivity index (χ3v) is 5.58. The molecular formula is C26H23ClN4O3. The average molecular weight is 475 g/mol. The van der Waals surface area contributed by atoms with E-state index in [4.69, 9.17) is 22.1 Å². The molecule has 4 aromatic rings. The van der Waals surface area contributed by atoms with E-state index < -0.39 is 12.0 Å². The fourth-order valence-electron chi connectivity index (χ4n) is 3.55. The molecule has 4 rings (SSSR count). The molecule has 172 valence electrons. The van der Waals surface area contributed by atoms with Crippen molar-refractivity contribution in [1.29, 1.82) is 0 Å². The lowest BCUT2D eigenvalue weighted by Crippen LogP contribution is -2.43. The molecule has 0 saturated heterocycles. The maximum absolute atomic E-state index is 12.8. The summed E-state index contributed by atoms with van der Waals surface area (Å²) in [4.78, 5) is 25.0. The smallest absolute Gasteiger partial charge is 0.328 e. The molecule has 0 fully saturated rings. The highest BCUT2D eigenvalue weighted by atomic mass is 35.5. The second-order valence-corrected chi connectivity index (χ2v) is 8.10. The molecule has 7 nitrogen and oxygen atoms in total. The van der Waals surface area contributed by atoms with Crippen LogP contribution in [-0.4, -0.2) is 34.8 Å². The highest BCUT2D eigenvalue weighted by Gasteiger charge is 2.22. The zero-order valence-corrected chi connectivity index (χ0v) is 19.2. The number of benzene rings is 3. The summed E-state index contributed by atoms with van der Waals surface area (Å²) in [6, 6.07) is 24.5. The predicted octanol–water partition coefficient (Wildman–Crippen LogP) is 4.29. The van der Waals surface area contributed by atoms with Gasteiger partial charge in [0.15, 0.2) is 0 Å². The molecule has 0 aliphatic carbocycles. The van der Waals surface area contributed by atoms with Gasteiger partial charge >= 0.3 is 5.97 Å². The van der Waals surface area contributed by atoms with Gasteiger partial charge in [0.2, 0.25) is 0 Å². The number of halogens is 1. The Bertz CT molecular complexity index is 1290. The van der Waals surface area contributed by atoms with E-state index in [-0.39, 0.29) is 5.91 Å². The summed E-state index contributed by atoms with van der Waals surface area (Å²) >= 11 is 5.96. The second-order valence-electron chi connectivity index (χ2n) is 7.66. The Balaban J connectivity index is 1.50. The number of aromatic nitrogens is 2. The number of nitrogens with two attached hydrogens (primary N) is 1. The van der Waals surface area contributed by atoms with Crippen LogP contribution in [0.15, 0.2) is 84.9 Å². The number of rotatable bonds is 7. The number of nitrogens with one attached hydrogen (secondary N) is 1. The van der Waals surface area contributed by atoms with Gasteiger partial charge in [-0.15, -0.1) is 0 Å². The Morgan fingerprint density at radius 1 is 1.03 bits per heavy atom. The van der Waals surface area contributed by atoms with Gasteiger partial charge in [-0.05, 0) is 42.0 Å². The molecule has 0 spiro atoms. The number of nitrogen functional groups attached to an aromatic ring is 1. The minimum absolute atomic E-state index is 0.328. The molecule has 3 N–H and O–H groups in total. The van der Waals surface area contributed by atoms with Gasteiger partial charge in [0.1, 0.15) is 11.9 Å². The number of carbonyl (C=O) groups excluding carboxylic acids is 2. The molecule has 1 amide bonds. The van der Waals surface area contributed by atoms with E-state index in [9.17, 15) is 9.59 Å². The minimum Gasteiger partial charge on any atom is -0.467 e. The van der Waals surface area contributed by atoms with Gasteiger partial charge in [-0.1, -0.05) is 54.1 Å². The van der Waals surface area contributed by atoms with E-state index in [0.717, 1.165) is 11.1 Å². The molecule has 0 bridgehead atoms. The summed E-state index contributed by atoms with van der Waals surface area (Å²) in [7, 11) is 1.30. The van der Waals surface area contributed by atoms with Crippen molar-refractivity contribution in [1.82, 2.24) is 15.1 Å². The molecule has 1 unspecified atom stereocenters. The lowest BCUT2D eigenvalue weighted by Gasteiger charge is -2.17. The summed E-state index contributed by atoms with van der Waals surface area (Å²) in [6.45, 7) is 0. The van der Waals surface area contributed by atoms with Gasteiger partial charge in [0.05, 0.1) is 18.5 Å². The number of methoxy groups -OCH3 is 1. The number of hydrogen-bond acceptors (Lipinski definition) is 5. The number of ether oxygens (including phenoxy) is 1. The van der Waals surface area contributed by atoms with Crippen LogP contribution in [0.2, 0.25) is 5.02 Å². The van der Waals surface area contributed by atoms with Crippen molar-refractivity contribution in [3.05, 3.63) is 101 Å². The van der Waals surface area contributed by atoms with E-state index >= 15 is 0 Å². The van der Waals surface area contributed by atoms with E-state index in [1.807, 2.05) is 42.5 Å². The average Bonchev–Trinajstić information content (AvgIpc) is 3.25. The van der Waals surface area contributed by atoms with E-state index in [0.29, 0.717) is 34.2 Å². The Kier molecular flexibility index (Phi) is 6.94. The first kappa shape index (κ1) is 23.1. The third-order valence-electron chi connectivity index (χ3n) is 5.32. The van der Waals surface area contributed by atoms with Crippen molar-refractivity contribution in [2.75, 3.05) is 12.8 Å². The van der Waals surface area contributed by atoms with Gasteiger partial charge in [-0.2, -0.15) is 5.10 Å². The van der Waals surface area contributed by atoms with Crippen molar-refractivity contribution in [3.8, 4) is 16.9 Å². The predicted molar refractivity (Wildman–Crippen MR) is 132 cm³/mol. The normalized spacial score (nSPS) is 11.6. The monoisotopic (exact) mass is 474 g/mol. The van der Waals surface area contributed by atoms with Gasteiger partial charge in [0, 0.05) is 28.6 Å². The number of hydrogen-bond donors (Lipinski definition) is 2. The first-order chi connectivity index (χ1) is 16.4. The maximum Gasteiger partial charge on any atom is 0.328 e. The topological polar surface area (TPSA) is 99.2 Å². The SMILES string of the molecule is COC(=O)C(Cc1ccccc1)NC(=O)c1ccc(-n2nc(-c3ccc(Cl)cc3)cc2N)cc1. The van der Waals surface area contributed by atoms with Gasteiger partial charge in [0.25, 0.3) is 5.91 Å². The van der Waals surface area contributed by atoms with Crippen molar-refractivity contribution in [2.45, 2.75) is 12.5 Å². The fourth-order valence-corrected chi connectivity index (χ4v) is 3.67. The number of esters is 1. The summed E-state index contributed by atoms with van der Waals surface area (Å²) in [5.41, 5.74) is 9.77. The maximum atomic E-state index is 12.8. The fraction of sp³-hybridized carbons (Fsp3) is 0.115. The second kappa shape index (κ2) is 10.2. The molecule has 34 heavy (non-hydrogen) atoms. The molecule has 0 radical (unpaired) electrons. The number of carbonyl (C=O) groups is 2. The van der Waals surface area contributed by atoms with Gasteiger partial charge in [-0.3, -0.25) is 4.79 Å². The van der Waals surface area contributed by atoms with Crippen molar-refractivity contribution >= 4 is 29.3 Å². The van der Waals surface area contributed by atoms with Crippen molar-refractivity contribution < 1.29 is 14.3 Å². The van der Waals surface area contributed by atoms with Crippen LogP contribution in [0.4, 0.5) is 5.82 Å². The largest absolute Gasteiger partial charge is 0.467 e. The Hall–Kier alpha value is -4.10. The number of anilines is 1. The van der Waals surface area contributed by atoms with Crippen LogP contribution in [0.25, 0.3) is 16.9 Å². The molecule has 0 saturated carbocycles. The lowest BCUT2D eigenvalue weighted by molar-refractivity contribution is -0.142. The standard InChI is InChI=1S/C26H23ClN4O3/c1-34-26(33)23(15-17-5-3-2-4-6-17)29-25(32)19-9-13-21(14-10-19)31-24(28)16-22(30-31)18-7-11-20(27)12-8-18/h2-14,16,23H,15,28H2,1H3,(H,29,32).